The summed E-state index contributed by atoms with van der Waals surface area (Å²) in [5, 5.41) is 21.1. The summed E-state index contributed by atoms with van der Waals surface area (Å²) < 4.78 is 0. The van der Waals surface area contributed by atoms with Crippen LogP contribution in [0.3, 0.4) is 0 Å². The summed E-state index contributed by atoms with van der Waals surface area (Å²) in [6, 6.07) is 17.1. The molecule has 0 spiro atoms. The number of phenolic OH excluding ortho intramolecular Hbond substituents is 2. The molecule has 6 heteroatoms. The summed E-state index contributed by atoms with van der Waals surface area (Å²) in [6.45, 7) is 0. The van der Waals surface area contributed by atoms with Gasteiger partial charge in [0.2, 0.25) is 0 Å². The van der Waals surface area contributed by atoms with Crippen molar-refractivity contribution in [2.45, 2.75) is 0 Å². The topological polar surface area (TPSA) is 88.1 Å². The molecule has 4 N–H and O–H groups in total. The first-order valence-corrected chi connectivity index (χ1v) is 7.42. The molecule has 0 aliphatic heterocycles. The van der Waals surface area contributed by atoms with Gasteiger partial charge in [-0.2, -0.15) is 5.69 Å². The van der Waals surface area contributed by atoms with Crippen molar-refractivity contribution >= 4 is 23.5 Å². The number of nitrogens with one attached hydrogen (secondary N) is 2. The molecule has 0 saturated carbocycles. The summed E-state index contributed by atoms with van der Waals surface area (Å²) in [6.07, 6.45) is 3.44. The van der Waals surface area contributed by atoms with Crippen LogP contribution in [0.1, 0.15) is 11.1 Å². The van der Waals surface area contributed by atoms with E-state index < -0.39 is 0 Å². The Balaban J connectivity index is 0.00000169. The van der Waals surface area contributed by atoms with Gasteiger partial charge in [0.05, 0.1) is 0 Å². The van der Waals surface area contributed by atoms with Crippen molar-refractivity contribution in [3.8, 4) is 11.5 Å². The molecule has 0 aliphatic carbocycles. The van der Waals surface area contributed by atoms with E-state index in [-0.39, 0.29) is 60.6 Å². The van der Waals surface area contributed by atoms with Gasteiger partial charge in [-0.25, -0.2) is 0 Å². The smallest absolute Gasteiger partial charge is 0.700 e. The van der Waals surface area contributed by atoms with Crippen LogP contribution in [0.25, 0.3) is 23.6 Å². The number of rotatable bonds is 2. The summed E-state index contributed by atoms with van der Waals surface area (Å²) in [5.74, 6) is 0.258. The molecule has 3 rings (SSSR count). The molecule has 0 atom stereocenters. The Labute approximate surface area is 176 Å². The van der Waals surface area contributed by atoms with Gasteiger partial charge >= 0.3 is 37.7 Å². The van der Waals surface area contributed by atoms with Crippen LogP contribution in [-0.4, -0.2) is 10.2 Å². The fourth-order valence-electron chi connectivity index (χ4n) is 2.46. The Morgan fingerprint density at radius 2 is 1.15 bits per heavy atom. The first kappa shape index (κ1) is 21.8. The van der Waals surface area contributed by atoms with Crippen LogP contribution < -0.4 is 48.2 Å². The van der Waals surface area contributed by atoms with Crippen LogP contribution in [-0.2, 0) is 0 Å². The number of hydrogen-bond acceptors (Lipinski definition) is 2. The van der Waals surface area contributed by atoms with Gasteiger partial charge in [0.25, 0.3) is 0 Å². The van der Waals surface area contributed by atoms with E-state index in [4.69, 9.17) is 11.5 Å². The van der Waals surface area contributed by atoms with Crippen LogP contribution >= 0.6 is 0 Å². The Morgan fingerprint density at radius 3 is 1.69 bits per heavy atom. The van der Waals surface area contributed by atoms with E-state index in [2.05, 4.69) is 0 Å². The second kappa shape index (κ2) is 9.48. The molecule has 0 amide bonds. The van der Waals surface area contributed by atoms with Gasteiger partial charge in [-0.3, -0.25) is 0 Å². The van der Waals surface area contributed by atoms with Gasteiger partial charge in [0.15, 0.2) is 0 Å². The maximum absolute atomic E-state index is 9.97. The third-order valence-corrected chi connectivity index (χ3v) is 3.76. The van der Waals surface area contributed by atoms with Crippen LogP contribution in [0.2, 0.25) is 0 Å². The number of benzene rings is 3. The molecule has 0 fully saturated rings. The Morgan fingerprint density at radius 1 is 0.654 bits per heavy atom. The van der Waals surface area contributed by atoms with Gasteiger partial charge in [-0.05, 0) is 34.7 Å². The number of para-hydroxylation sites is 2. The Kier molecular flexibility index (Phi) is 7.96. The molecule has 0 saturated heterocycles. The average molecular weight is 330 g/mol. The largest absolute Gasteiger partial charge is 1.00 e. The molecule has 0 aliphatic rings. The minimum atomic E-state index is 0. The van der Waals surface area contributed by atoms with Crippen LogP contribution in [0.5, 0.6) is 11.5 Å². The summed E-state index contributed by atoms with van der Waals surface area (Å²) in [5.41, 5.74) is 17.4. The second-order valence-corrected chi connectivity index (χ2v) is 5.40. The first-order valence-electron chi connectivity index (χ1n) is 7.42. The molecular weight excluding hydrogens is 314 g/mol. The van der Waals surface area contributed by atoms with Crippen molar-refractivity contribution in [3.05, 3.63) is 93.7 Å². The van der Waals surface area contributed by atoms with Crippen molar-refractivity contribution in [1.29, 1.82) is 0 Å². The molecule has 0 aromatic heterocycles. The summed E-state index contributed by atoms with van der Waals surface area (Å²) in [4.78, 5) is 0. The van der Waals surface area contributed by atoms with Gasteiger partial charge in [-0.15, -0.1) is 5.69 Å². The molecule has 4 nitrogen and oxygen atoms in total. The third kappa shape index (κ3) is 4.70. The predicted octanol–water partition coefficient (Wildman–Crippen LogP) is -1.87. The quantitative estimate of drug-likeness (QED) is 0.539. The molecule has 3 aromatic rings. The maximum Gasteiger partial charge on any atom is 1.00 e. The summed E-state index contributed by atoms with van der Waals surface area (Å²) >= 11 is 0. The second-order valence-electron chi connectivity index (χ2n) is 5.40. The maximum atomic E-state index is 9.97. The van der Waals surface area contributed by atoms with Crippen molar-refractivity contribution in [2.75, 3.05) is 0 Å². The monoisotopic (exact) mass is 330 g/mol. The molecule has 120 valence electrons. The molecule has 0 heterocycles. The van der Waals surface area contributed by atoms with E-state index in [1.807, 2.05) is 6.07 Å². The Hall–Kier alpha value is -2.21. The first-order chi connectivity index (χ1) is 11.6. The van der Waals surface area contributed by atoms with Crippen molar-refractivity contribution in [1.82, 2.24) is 0 Å². The van der Waals surface area contributed by atoms with Gasteiger partial charge < -0.3 is 21.7 Å². The standard InChI is InChI=1S/C20H16N2O2.2Li/c21-17-10-9-13(11-14-5-1-3-7-18(14)23)16(20(17)22)12-15-6-2-4-8-19(15)24;;/h1-12,21-24H;;/q-2;2*+1. The zero-order valence-electron chi connectivity index (χ0n) is 14.8. The number of phenols is 2. The van der Waals surface area contributed by atoms with E-state index in [0.29, 0.717) is 21.6 Å². The number of hydrogen-bond donors (Lipinski definition) is 2. The van der Waals surface area contributed by atoms with Crippen LogP contribution in [0.4, 0.5) is 11.4 Å². The average Bonchev–Trinajstić information content (AvgIpc) is 2.58. The van der Waals surface area contributed by atoms with E-state index in [0.717, 1.165) is 0 Å². The molecule has 0 bridgehead atoms. The van der Waals surface area contributed by atoms with Crippen molar-refractivity contribution < 1.29 is 47.9 Å². The fourth-order valence-corrected chi connectivity index (χ4v) is 2.46. The van der Waals surface area contributed by atoms with E-state index in [9.17, 15) is 10.2 Å². The fraction of sp³-hybridized carbons (Fsp3) is 0. The number of aromatic hydroxyl groups is 2. The zero-order chi connectivity index (χ0) is 17.1. The van der Waals surface area contributed by atoms with E-state index in [1.165, 1.54) is 0 Å². The SMILES string of the molecule is [Li+].[Li+].[NH-]c1ccc(=Cc2ccccc2O)c(=Cc2ccccc2O)c1[NH-]. The van der Waals surface area contributed by atoms with Crippen LogP contribution in [0, 0.1) is 0 Å². The predicted molar refractivity (Wildman–Crippen MR) is 97.0 cm³/mol. The normalized spacial score (nSPS) is 11.5. The molecule has 26 heavy (non-hydrogen) atoms. The zero-order valence-corrected chi connectivity index (χ0v) is 14.8. The minimum absolute atomic E-state index is 0. The molecule has 0 radical (unpaired) electrons. The van der Waals surface area contributed by atoms with Crippen LogP contribution in [0.15, 0.2) is 60.7 Å². The Bertz CT molecular complexity index is 1020. The molecule has 0 unspecified atom stereocenters. The summed E-state index contributed by atoms with van der Waals surface area (Å²) in [7, 11) is 0. The van der Waals surface area contributed by atoms with Gasteiger partial charge in [-0.1, -0.05) is 48.5 Å². The van der Waals surface area contributed by atoms with Crippen molar-refractivity contribution in [2.24, 2.45) is 0 Å². The minimum Gasteiger partial charge on any atom is -0.700 e. The van der Waals surface area contributed by atoms with Crippen molar-refractivity contribution in [3.63, 3.8) is 0 Å². The van der Waals surface area contributed by atoms with Gasteiger partial charge in [0.1, 0.15) is 11.5 Å². The van der Waals surface area contributed by atoms with E-state index in [1.54, 1.807) is 66.7 Å². The molecular formula is C20H16Li2N2O2. The van der Waals surface area contributed by atoms with E-state index >= 15 is 0 Å². The van der Waals surface area contributed by atoms with Gasteiger partial charge in [0, 0.05) is 11.1 Å². The third-order valence-electron chi connectivity index (χ3n) is 3.76. The molecule has 3 aromatic carbocycles.